The predicted octanol–water partition coefficient (Wildman–Crippen LogP) is 3.89. The van der Waals surface area contributed by atoms with Crippen LogP contribution in [0.5, 0.6) is 0 Å². The van der Waals surface area contributed by atoms with Gasteiger partial charge in [0.05, 0.1) is 11.4 Å². The fourth-order valence-electron chi connectivity index (χ4n) is 2.79. The van der Waals surface area contributed by atoms with Gasteiger partial charge in [-0.1, -0.05) is 39.0 Å². The molecular formula is C21H29ClN4O2. The Labute approximate surface area is 171 Å². The summed E-state index contributed by atoms with van der Waals surface area (Å²) in [4.78, 5) is 26.2. The Morgan fingerprint density at radius 3 is 2.43 bits per heavy atom. The van der Waals surface area contributed by atoms with Gasteiger partial charge in [0.1, 0.15) is 18.2 Å². The number of hydrogen-bond acceptors (Lipinski definition) is 3. The Morgan fingerprint density at radius 2 is 1.89 bits per heavy atom. The second-order valence-electron chi connectivity index (χ2n) is 8.16. The molecule has 0 bridgehead atoms. The van der Waals surface area contributed by atoms with Gasteiger partial charge in [0.15, 0.2) is 0 Å². The van der Waals surface area contributed by atoms with Crippen LogP contribution in [0.15, 0.2) is 30.3 Å². The molecule has 0 atom stereocenters. The SMILES string of the molecule is Cc1ccccc1-n1nc(C(C)(C)C)cc1NC(=O)CN(C(=O)CCl)C(C)C. The van der Waals surface area contributed by atoms with Crippen molar-refractivity contribution in [1.82, 2.24) is 14.7 Å². The molecule has 2 amide bonds. The van der Waals surface area contributed by atoms with Crippen molar-refractivity contribution < 1.29 is 9.59 Å². The molecule has 0 fully saturated rings. The number of rotatable bonds is 6. The van der Waals surface area contributed by atoms with E-state index in [1.807, 2.05) is 51.1 Å². The van der Waals surface area contributed by atoms with E-state index in [-0.39, 0.29) is 35.7 Å². The number of carbonyl (C=O) groups is 2. The Bertz CT molecular complexity index is 852. The molecule has 2 rings (SSSR count). The molecule has 0 aliphatic rings. The molecule has 7 heteroatoms. The molecule has 28 heavy (non-hydrogen) atoms. The van der Waals surface area contributed by atoms with Gasteiger partial charge in [-0.15, -0.1) is 11.6 Å². The summed E-state index contributed by atoms with van der Waals surface area (Å²) in [5.74, 6) is -0.135. The topological polar surface area (TPSA) is 67.2 Å². The quantitative estimate of drug-likeness (QED) is 0.742. The molecule has 1 aromatic heterocycles. The highest BCUT2D eigenvalue weighted by Crippen LogP contribution is 2.27. The Kier molecular flexibility index (Phi) is 6.88. The first-order valence-electron chi connectivity index (χ1n) is 9.36. The van der Waals surface area contributed by atoms with Gasteiger partial charge in [-0.2, -0.15) is 5.10 Å². The number of halogens is 1. The van der Waals surface area contributed by atoms with Gasteiger partial charge in [0.2, 0.25) is 11.8 Å². The van der Waals surface area contributed by atoms with Gasteiger partial charge in [0.25, 0.3) is 0 Å². The number of aryl methyl sites for hydroxylation is 1. The minimum Gasteiger partial charge on any atom is -0.330 e. The lowest BCUT2D eigenvalue weighted by Gasteiger charge is -2.25. The van der Waals surface area contributed by atoms with E-state index in [0.29, 0.717) is 5.82 Å². The number of benzene rings is 1. The van der Waals surface area contributed by atoms with Crippen LogP contribution in [0.1, 0.15) is 45.9 Å². The monoisotopic (exact) mass is 404 g/mol. The summed E-state index contributed by atoms with van der Waals surface area (Å²) in [6.45, 7) is 11.9. The van der Waals surface area contributed by atoms with Crippen molar-refractivity contribution in [3.05, 3.63) is 41.6 Å². The molecule has 2 aromatic rings. The second-order valence-corrected chi connectivity index (χ2v) is 8.43. The predicted molar refractivity (Wildman–Crippen MR) is 113 cm³/mol. The van der Waals surface area contributed by atoms with Crippen LogP contribution in [0.3, 0.4) is 0 Å². The zero-order valence-electron chi connectivity index (χ0n) is 17.4. The fraction of sp³-hybridized carbons (Fsp3) is 0.476. The van der Waals surface area contributed by atoms with E-state index >= 15 is 0 Å². The maximum Gasteiger partial charge on any atom is 0.245 e. The van der Waals surface area contributed by atoms with Crippen LogP contribution >= 0.6 is 11.6 Å². The first-order chi connectivity index (χ1) is 13.0. The van der Waals surface area contributed by atoms with Crippen molar-refractivity contribution in [1.29, 1.82) is 0 Å². The summed E-state index contributed by atoms with van der Waals surface area (Å²) >= 11 is 5.67. The van der Waals surface area contributed by atoms with E-state index in [9.17, 15) is 9.59 Å². The highest BCUT2D eigenvalue weighted by atomic mass is 35.5. The average molecular weight is 405 g/mol. The van der Waals surface area contributed by atoms with Gasteiger partial charge in [0, 0.05) is 17.5 Å². The Balaban J connectivity index is 2.36. The van der Waals surface area contributed by atoms with Crippen LogP contribution in [0.25, 0.3) is 5.69 Å². The summed E-state index contributed by atoms with van der Waals surface area (Å²) in [6, 6.07) is 9.62. The molecular weight excluding hydrogens is 376 g/mol. The number of amides is 2. The molecule has 0 unspecified atom stereocenters. The molecule has 0 saturated carbocycles. The molecule has 1 heterocycles. The normalized spacial score (nSPS) is 11.6. The third-order valence-electron chi connectivity index (χ3n) is 4.46. The van der Waals surface area contributed by atoms with Crippen LogP contribution in [0.4, 0.5) is 5.82 Å². The molecule has 1 aromatic carbocycles. The lowest BCUT2D eigenvalue weighted by Crippen LogP contribution is -2.43. The van der Waals surface area contributed by atoms with Gasteiger partial charge in [-0.25, -0.2) is 4.68 Å². The van der Waals surface area contributed by atoms with Crippen molar-refractivity contribution >= 4 is 29.2 Å². The van der Waals surface area contributed by atoms with Gasteiger partial charge < -0.3 is 10.2 Å². The fourth-order valence-corrected chi connectivity index (χ4v) is 2.95. The van der Waals surface area contributed by atoms with Crippen LogP contribution in [0, 0.1) is 6.92 Å². The number of alkyl halides is 1. The number of hydrogen-bond donors (Lipinski definition) is 1. The number of anilines is 1. The van der Waals surface area contributed by atoms with Gasteiger partial charge >= 0.3 is 0 Å². The largest absolute Gasteiger partial charge is 0.330 e. The van der Waals surface area contributed by atoms with Crippen LogP contribution in [0.2, 0.25) is 0 Å². The Morgan fingerprint density at radius 1 is 1.25 bits per heavy atom. The number of para-hydroxylation sites is 1. The first kappa shape index (κ1) is 22.0. The number of carbonyl (C=O) groups excluding carboxylic acids is 2. The van der Waals surface area contributed by atoms with Crippen molar-refractivity contribution in [2.75, 3.05) is 17.7 Å². The molecule has 0 saturated heterocycles. The third kappa shape index (κ3) is 5.13. The number of aromatic nitrogens is 2. The summed E-state index contributed by atoms with van der Waals surface area (Å²) in [5, 5.41) is 7.65. The molecule has 152 valence electrons. The maximum atomic E-state index is 12.7. The first-order valence-corrected chi connectivity index (χ1v) is 9.90. The molecule has 0 aliphatic heterocycles. The van der Waals surface area contributed by atoms with E-state index in [1.165, 1.54) is 4.90 Å². The maximum absolute atomic E-state index is 12.7. The smallest absolute Gasteiger partial charge is 0.245 e. The van der Waals surface area contributed by atoms with E-state index in [0.717, 1.165) is 16.9 Å². The van der Waals surface area contributed by atoms with E-state index in [2.05, 4.69) is 26.1 Å². The molecule has 0 aliphatic carbocycles. The lowest BCUT2D eigenvalue weighted by molar-refractivity contribution is -0.134. The highest BCUT2D eigenvalue weighted by molar-refractivity contribution is 6.27. The summed E-state index contributed by atoms with van der Waals surface area (Å²) < 4.78 is 1.75. The highest BCUT2D eigenvalue weighted by Gasteiger charge is 2.24. The van der Waals surface area contributed by atoms with E-state index in [4.69, 9.17) is 16.7 Å². The zero-order chi connectivity index (χ0) is 21.1. The van der Waals surface area contributed by atoms with Crippen molar-refractivity contribution in [3.63, 3.8) is 0 Å². The third-order valence-corrected chi connectivity index (χ3v) is 4.69. The van der Waals surface area contributed by atoms with Gasteiger partial charge in [-0.05, 0) is 32.4 Å². The summed E-state index contributed by atoms with van der Waals surface area (Å²) in [5.41, 5.74) is 2.63. The van der Waals surface area contributed by atoms with Gasteiger partial charge in [-0.3, -0.25) is 9.59 Å². The van der Waals surface area contributed by atoms with Crippen molar-refractivity contribution in [2.24, 2.45) is 0 Å². The van der Waals surface area contributed by atoms with Crippen molar-refractivity contribution in [2.45, 2.75) is 53.0 Å². The summed E-state index contributed by atoms with van der Waals surface area (Å²) in [7, 11) is 0. The lowest BCUT2D eigenvalue weighted by atomic mass is 9.92. The van der Waals surface area contributed by atoms with E-state index in [1.54, 1.807) is 4.68 Å². The number of nitrogens with one attached hydrogen (secondary N) is 1. The van der Waals surface area contributed by atoms with E-state index < -0.39 is 0 Å². The zero-order valence-corrected chi connectivity index (χ0v) is 18.2. The minimum atomic E-state index is -0.289. The molecule has 0 spiro atoms. The summed E-state index contributed by atoms with van der Waals surface area (Å²) in [6.07, 6.45) is 0. The standard InChI is InChI=1S/C21H29ClN4O2/c1-14(2)25(20(28)12-22)13-19(27)23-18-11-17(21(4,5)6)24-26(18)16-10-8-7-9-15(16)3/h7-11,14H,12-13H2,1-6H3,(H,23,27). The Hall–Kier alpha value is -2.34. The number of nitrogens with zero attached hydrogens (tertiary/aromatic N) is 3. The molecule has 0 radical (unpaired) electrons. The van der Waals surface area contributed by atoms with Crippen LogP contribution < -0.4 is 5.32 Å². The molecule has 6 nitrogen and oxygen atoms in total. The second kappa shape index (κ2) is 8.78. The molecule has 1 N–H and O–H groups in total. The van der Waals surface area contributed by atoms with Crippen LogP contribution in [-0.2, 0) is 15.0 Å². The average Bonchev–Trinajstić information content (AvgIpc) is 3.03. The minimum absolute atomic E-state index is 0.0625. The van der Waals surface area contributed by atoms with Crippen LogP contribution in [-0.4, -0.2) is 45.0 Å². The van der Waals surface area contributed by atoms with Crippen molar-refractivity contribution in [3.8, 4) is 5.69 Å².